The Morgan fingerprint density at radius 3 is 2.65 bits per heavy atom. The van der Waals surface area contributed by atoms with Crippen LogP contribution in [0.4, 0.5) is 10.1 Å². The second-order valence-corrected chi connectivity index (χ2v) is 6.41. The van der Waals surface area contributed by atoms with Crippen molar-refractivity contribution in [2.45, 2.75) is 13.0 Å². The van der Waals surface area contributed by atoms with Crippen molar-refractivity contribution in [1.29, 1.82) is 0 Å². The number of ether oxygens (including phenoxy) is 1. The van der Waals surface area contributed by atoms with Crippen LogP contribution in [0.15, 0.2) is 48.5 Å². The highest BCUT2D eigenvalue weighted by molar-refractivity contribution is 6.30. The third kappa shape index (κ3) is 3.96. The topological polar surface area (TPSA) is 49.9 Å². The molecule has 0 spiro atoms. The summed E-state index contributed by atoms with van der Waals surface area (Å²) >= 11 is 5.81. The fraction of sp³-hybridized carbons (Fsp3) is 0.263. The highest BCUT2D eigenvalue weighted by atomic mass is 35.5. The Balaban J connectivity index is 1.62. The van der Waals surface area contributed by atoms with Gasteiger partial charge < -0.3 is 14.5 Å². The average Bonchev–Trinajstić information content (AvgIpc) is 2.63. The molecule has 0 N–H and O–H groups in total. The fourth-order valence-electron chi connectivity index (χ4n) is 2.87. The third-order valence-corrected chi connectivity index (χ3v) is 4.52. The Bertz CT molecular complexity index is 813. The molecule has 1 aliphatic heterocycles. The molecule has 1 heterocycles. The zero-order valence-electron chi connectivity index (χ0n) is 14.2. The fourth-order valence-corrected chi connectivity index (χ4v) is 3.00. The van der Waals surface area contributed by atoms with Gasteiger partial charge in [0.15, 0.2) is 6.61 Å². The van der Waals surface area contributed by atoms with Crippen molar-refractivity contribution in [1.82, 2.24) is 4.90 Å². The third-order valence-electron chi connectivity index (χ3n) is 4.27. The molecule has 0 radical (unpaired) electrons. The molecule has 0 aromatic heterocycles. The minimum Gasteiger partial charge on any atom is -0.484 e. The molecule has 1 atom stereocenters. The smallest absolute Gasteiger partial charge is 0.261 e. The monoisotopic (exact) mass is 376 g/mol. The summed E-state index contributed by atoms with van der Waals surface area (Å²) in [5.74, 6) is -0.403. The van der Waals surface area contributed by atoms with Gasteiger partial charge in [-0.05, 0) is 49.4 Å². The van der Waals surface area contributed by atoms with E-state index in [4.69, 9.17) is 16.3 Å². The van der Waals surface area contributed by atoms with E-state index in [0.717, 1.165) is 0 Å². The predicted octanol–water partition coefficient (Wildman–Crippen LogP) is 3.12. The van der Waals surface area contributed by atoms with Crippen LogP contribution >= 0.6 is 11.6 Å². The number of carbonyl (C=O) groups is 2. The standard InChI is InChI=1S/C19H18ClFN2O3/c1-13-19(25)23(16-4-2-3-15(21)11-16)10-9-22(13)18(24)12-26-17-7-5-14(20)6-8-17/h2-8,11,13H,9-10,12H2,1H3/t13-/m1/s1. The van der Waals surface area contributed by atoms with Crippen LogP contribution in [0.5, 0.6) is 5.75 Å². The molecule has 0 unspecified atom stereocenters. The second-order valence-electron chi connectivity index (χ2n) is 5.98. The van der Waals surface area contributed by atoms with E-state index >= 15 is 0 Å². The zero-order valence-corrected chi connectivity index (χ0v) is 14.9. The number of hydrogen-bond donors (Lipinski definition) is 0. The van der Waals surface area contributed by atoms with E-state index in [2.05, 4.69) is 0 Å². The van der Waals surface area contributed by atoms with Crippen molar-refractivity contribution >= 4 is 29.1 Å². The van der Waals surface area contributed by atoms with Crippen molar-refractivity contribution in [3.63, 3.8) is 0 Å². The largest absolute Gasteiger partial charge is 0.484 e. The summed E-state index contributed by atoms with van der Waals surface area (Å²) in [6, 6.07) is 11.9. The van der Waals surface area contributed by atoms with E-state index in [1.165, 1.54) is 21.9 Å². The van der Waals surface area contributed by atoms with Gasteiger partial charge in [-0.1, -0.05) is 17.7 Å². The summed E-state index contributed by atoms with van der Waals surface area (Å²) in [7, 11) is 0. The van der Waals surface area contributed by atoms with Crippen molar-refractivity contribution in [2.75, 3.05) is 24.6 Å². The molecule has 1 fully saturated rings. The van der Waals surface area contributed by atoms with Gasteiger partial charge in [0.25, 0.3) is 5.91 Å². The molecule has 0 bridgehead atoms. The maximum Gasteiger partial charge on any atom is 0.261 e. The maximum atomic E-state index is 13.4. The summed E-state index contributed by atoms with van der Waals surface area (Å²) in [6.07, 6.45) is 0. The van der Waals surface area contributed by atoms with Gasteiger partial charge in [-0.2, -0.15) is 0 Å². The van der Waals surface area contributed by atoms with E-state index in [1.807, 2.05) is 0 Å². The van der Waals surface area contributed by atoms with E-state index in [1.54, 1.807) is 43.3 Å². The molecular formula is C19H18ClFN2O3. The molecule has 2 aromatic carbocycles. The predicted molar refractivity (Wildman–Crippen MR) is 96.9 cm³/mol. The van der Waals surface area contributed by atoms with E-state index < -0.39 is 11.9 Å². The van der Waals surface area contributed by atoms with Crippen molar-refractivity contribution < 1.29 is 18.7 Å². The summed E-state index contributed by atoms with van der Waals surface area (Å²) < 4.78 is 18.9. The molecule has 2 aromatic rings. The first-order valence-electron chi connectivity index (χ1n) is 8.20. The van der Waals surface area contributed by atoms with Crippen LogP contribution in [-0.4, -0.2) is 42.5 Å². The minimum atomic E-state index is -0.645. The first kappa shape index (κ1) is 18.2. The Kier molecular flexibility index (Phi) is 5.42. The molecule has 136 valence electrons. The molecule has 3 rings (SSSR count). The highest BCUT2D eigenvalue weighted by Gasteiger charge is 2.35. The Labute approximate surface area is 155 Å². The first-order valence-corrected chi connectivity index (χ1v) is 8.58. The Morgan fingerprint density at radius 1 is 1.23 bits per heavy atom. The van der Waals surface area contributed by atoms with Gasteiger partial charge in [0, 0.05) is 23.8 Å². The maximum absolute atomic E-state index is 13.4. The molecule has 7 heteroatoms. The molecule has 0 aliphatic carbocycles. The van der Waals surface area contributed by atoms with Gasteiger partial charge >= 0.3 is 0 Å². The lowest BCUT2D eigenvalue weighted by Gasteiger charge is -2.39. The van der Waals surface area contributed by atoms with E-state index in [9.17, 15) is 14.0 Å². The van der Waals surface area contributed by atoms with E-state index in [-0.39, 0.29) is 18.4 Å². The summed E-state index contributed by atoms with van der Waals surface area (Å²) in [5.41, 5.74) is 0.492. The number of amides is 2. The number of rotatable bonds is 4. The van der Waals surface area contributed by atoms with Crippen LogP contribution in [0, 0.1) is 5.82 Å². The minimum absolute atomic E-state index is 0.167. The number of hydrogen-bond acceptors (Lipinski definition) is 3. The molecule has 1 aliphatic rings. The lowest BCUT2D eigenvalue weighted by Crippen LogP contribution is -2.58. The SMILES string of the molecule is C[C@@H]1C(=O)N(c2cccc(F)c2)CCN1C(=O)COc1ccc(Cl)cc1. The first-order chi connectivity index (χ1) is 12.5. The zero-order chi connectivity index (χ0) is 18.7. The number of benzene rings is 2. The van der Waals surface area contributed by atoms with Crippen LogP contribution in [0.3, 0.4) is 0 Å². The quantitative estimate of drug-likeness (QED) is 0.823. The Hall–Kier alpha value is -2.60. The van der Waals surface area contributed by atoms with Crippen LogP contribution < -0.4 is 9.64 Å². The van der Waals surface area contributed by atoms with Crippen molar-refractivity contribution in [3.05, 3.63) is 59.4 Å². The van der Waals surface area contributed by atoms with Gasteiger partial charge in [0.2, 0.25) is 5.91 Å². The van der Waals surface area contributed by atoms with Crippen LogP contribution in [-0.2, 0) is 9.59 Å². The summed E-state index contributed by atoms with van der Waals surface area (Å²) in [4.78, 5) is 28.0. The van der Waals surface area contributed by atoms with Crippen molar-refractivity contribution in [2.24, 2.45) is 0 Å². The number of carbonyl (C=O) groups excluding carboxylic acids is 2. The molecule has 0 saturated carbocycles. The van der Waals surface area contributed by atoms with Crippen molar-refractivity contribution in [3.8, 4) is 5.75 Å². The number of piperazine rings is 1. The van der Waals surface area contributed by atoms with Gasteiger partial charge in [-0.25, -0.2) is 4.39 Å². The van der Waals surface area contributed by atoms with Crippen LogP contribution in [0.2, 0.25) is 5.02 Å². The lowest BCUT2D eigenvalue weighted by molar-refractivity contribution is -0.142. The lowest BCUT2D eigenvalue weighted by atomic mass is 10.1. The number of nitrogens with zero attached hydrogens (tertiary/aromatic N) is 2. The number of halogens is 2. The van der Waals surface area contributed by atoms with Gasteiger partial charge in [-0.15, -0.1) is 0 Å². The molecule has 26 heavy (non-hydrogen) atoms. The summed E-state index contributed by atoms with van der Waals surface area (Å²) in [6.45, 7) is 2.15. The van der Waals surface area contributed by atoms with Gasteiger partial charge in [0.1, 0.15) is 17.6 Å². The molecule has 2 amide bonds. The highest BCUT2D eigenvalue weighted by Crippen LogP contribution is 2.22. The molecular weight excluding hydrogens is 359 g/mol. The van der Waals surface area contributed by atoms with Gasteiger partial charge in [-0.3, -0.25) is 9.59 Å². The molecule has 1 saturated heterocycles. The number of anilines is 1. The average molecular weight is 377 g/mol. The molecule has 5 nitrogen and oxygen atoms in total. The van der Waals surface area contributed by atoms with E-state index in [0.29, 0.717) is 29.5 Å². The van der Waals surface area contributed by atoms with Gasteiger partial charge in [0.05, 0.1) is 0 Å². The Morgan fingerprint density at radius 2 is 1.96 bits per heavy atom. The van der Waals surface area contributed by atoms with Crippen LogP contribution in [0.1, 0.15) is 6.92 Å². The second kappa shape index (κ2) is 7.74. The van der Waals surface area contributed by atoms with Crippen LogP contribution in [0.25, 0.3) is 0 Å². The summed E-state index contributed by atoms with van der Waals surface area (Å²) in [5, 5.41) is 0.580. The normalized spacial score (nSPS) is 17.3.